The summed E-state index contributed by atoms with van der Waals surface area (Å²) in [6.07, 6.45) is 8.34. The first-order valence-electron chi connectivity index (χ1n) is 26.7. The molecule has 440 valence electrons. The number of nitrogens with zero attached hydrogens (tertiary/aromatic N) is 6. The molecule has 4 aromatic heterocycles. The molecule has 23 heteroatoms. The second-order valence-corrected chi connectivity index (χ2v) is 30.3. The molecule has 6 N–H and O–H groups in total. The molecule has 2 aliphatic heterocycles. The van der Waals surface area contributed by atoms with Crippen LogP contribution >= 0.6 is 0 Å². The van der Waals surface area contributed by atoms with Gasteiger partial charge in [0.15, 0.2) is 10.1 Å². The van der Waals surface area contributed by atoms with E-state index in [9.17, 15) is 35.0 Å². The van der Waals surface area contributed by atoms with E-state index in [2.05, 4.69) is 94.9 Å². The van der Waals surface area contributed by atoms with Crippen LogP contribution in [0.1, 0.15) is 177 Å². The van der Waals surface area contributed by atoms with Crippen molar-refractivity contribution in [2.24, 2.45) is 22.1 Å². The van der Waals surface area contributed by atoms with Crippen molar-refractivity contribution in [2.75, 3.05) is 31.5 Å². The van der Waals surface area contributed by atoms with Crippen LogP contribution in [0.5, 0.6) is 0 Å². The molecule has 6 rings (SSSR count). The lowest BCUT2D eigenvalue weighted by atomic mass is 9.86. The number of amides is 2. The van der Waals surface area contributed by atoms with Crippen molar-refractivity contribution >= 4 is 49.0 Å². The van der Waals surface area contributed by atoms with Gasteiger partial charge in [0.1, 0.15) is 17.0 Å². The van der Waals surface area contributed by atoms with Crippen LogP contribution in [-0.4, -0.2) is 105 Å². The fourth-order valence-corrected chi connectivity index (χ4v) is 10.2. The van der Waals surface area contributed by atoms with E-state index in [4.69, 9.17) is 14.6 Å². The molecular weight excluding hydrogens is 1070 g/mol. The Balaban J connectivity index is 0.000000287. The van der Waals surface area contributed by atoms with Crippen LogP contribution < -0.4 is 20.3 Å². The third-order valence-corrected chi connectivity index (χ3v) is 16.0. The van der Waals surface area contributed by atoms with Gasteiger partial charge >= 0.3 is 12.2 Å². The Bertz CT molecular complexity index is 2930. The Labute approximate surface area is 472 Å². The maximum absolute atomic E-state index is 12.9. The SMILES string of the molecule is CC(C)(C)OC(=O)N1CC[C@H](CCC(NS(=O)C(C)(C)C)c2cc(C(C)(C)C)ccn2)C1.CC(C)(C)OC(=O)N1CC[C@H](CCC(Nc2cccc(S(N)(=O)=O)n2)c2cc(C(C)(C)C)ccn2)C1.NS(=O)(=O)c1cccc(F)n1. The highest BCUT2D eigenvalue weighted by Gasteiger charge is 2.33. The first kappa shape index (κ1) is 66.3. The van der Waals surface area contributed by atoms with Crippen molar-refractivity contribution < 1.29 is 44.5 Å². The van der Waals surface area contributed by atoms with E-state index in [0.717, 1.165) is 74.2 Å². The predicted octanol–water partition coefficient (Wildman–Crippen LogP) is 9.99. The second kappa shape index (κ2) is 27.0. The number of nitrogens with one attached hydrogen (secondary N) is 2. The predicted molar refractivity (Wildman–Crippen MR) is 307 cm³/mol. The van der Waals surface area contributed by atoms with Gasteiger partial charge in [-0.05, 0) is 183 Å². The highest BCUT2D eigenvalue weighted by molar-refractivity contribution is 7.89. The smallest absolute Gasteiger partial charge is 0.410 e. The maximum Gasteiger partial charge on any atom is 0.410 e. The van der Waals surface area contributed by atoms with Crippen molar-refractivity contribution in [3.63, 3.8) is 0 Å². The van der Waals surface area contributed by atoms with E-state index in [1.54, 1.807) is 23.2 Å². The first-order valence-corrected chi connectivity index (χ1v) is 30.9. The Morgan fingerprint density at radius 3 is 1.47 bits per heavy atom. The lowest BCUT2D eigenvalue weighted by Crippen LogP contribution is -2.36. The molecule has 2 fully saturated rings. The molecule has 2 aliphatic rings. The van der Waals surface area contributed by atoms with Crippen LogP contribution in [0.3, 0.4) is 0 Å². The van der Waals surface area contributed by atoms with Gasteiger partial charge in [-0.3, -0.25) is 9.97 Å². The number of nitrogens with two attached hydrogens (primary N) is 2. The number of primary sulfonamides is 2. The Kier molecular flexibility index (Phi) is 22.7. The van der Waals surface area contributed by atoms with Crippen molar-refractivity contribution in [3.8, 4) is 0 Å². The average molecular weight is 1160 g/mol. The second-order valence-electron chi connectivity index (χ2n) is 25.3. The van der Waals surface area contributed by atoms with Gasteiger partial charge in [0.05, 0.1) is 39.2 Å². The third kappa shape index (κ3) is 22.7. The molecule has 79 heavy (non-hydrogen) atoms. The normalized spacial score (nSPS) is 17.6. The minimum Gasteiger partial charge on any atom is -0.444 e. The van der Waals surface area contributed by atoms with Crippen LogP contribution in [0, 0.1) is 17.8 Å². The molecule has 5 atom stereocenters. The molecule has 0 aromatic carbocycles. The summed E-state index contributed by atoms with van der Waals surface area (Å²) in [5.74, 6) is 0.282. The van der Waals surface area contributed by atoms with E-state index in [0.29, 0.717) is 37.3 Å². The van der Waals surface area contributed by atoms with Gasteiger partial charge in [-0.1, -0.05) is 53.7 Å². The van der Waals surface area contributed by atoms with Gasteiger partial charge in [0.2, 0.25) is 5.95 Å². The van der Waals surface area contributed by atoms with Crippen molar-refractivity contribution in [1.29, 1.82) is 0 Å². The van der Waals surface area contributed by atoms with E-state index in [1.165, 1.54) is 17.7 Å². The van der Waals surface area contributed by atoms with Crippen molar-refractivity contribution in [2.45, 2.75) is 191 Å². The van der Waals surface area contributed by atoms with E-state index in [1.807, 2.05) is 79.5 Å². The molecule has 0 aliphatic carbocycles. The summed E-state index contributed by atoms with van der Waals surface area (Å²) >= 11 is 0. The zero-order valence-electron chi connectivity index (χ0n) is 48.9. The highest BCUT2D eigenvalue weighted by Crippen LogP contribution is 2.33. The fourth-order valence-electron chi connectivity index (χ4n) is 8.38. The summed E-state index contributed by atoms with van der Waals surface area (Å²) < 4.78 is 83.9. The van der Waals surface area contributed by atoms with E-state index >= 15 is 0 Å². The van der Waals surface area contributed by atoms with Crippen LogP contribution in [0.2, 0.25) is 0 Å². The molecule has 3 unspecified atom stereocenters. The Morgan fingerprint density at radius 1 is 0.658 bits per heavy atom. The Morgan fingerprint density at radius 2 is 1.08 bits per heavy atom. The standard InChI is InChI=1S/C26H39N5O4S.C25H43N3O3S.C5H5FN2O2S/c1-25(2,3)19-12-14-28-21(16-19)20(29-22-8-7-9-23(30-22)36(27,33)34)11-10-18-13-15-31(17-18)24(32)35-26(4,5)6;1-23(2,3)19-12-14-26-21(16-19)20(27-32(30)25(7,8)9)11-10-18-13-15-28(17-18)22(29)31-24(4,5)6;6-4-2-1-3-5(8-4)11(7,9)10/h7-9,12,14,16,18,20H,10-11,13,15,17H2,1-6H3,(H,29,30)(H2,27,33,34);12,14,16,18,20,27H,10-11,13,15,17H2,1-9H3;1-3H,(H2,7,9,10)/t18-,20?;18-,20?,32?;/m00./s1. The summed E-state index contributed by atoms with van der Waals surface area (Å²) in [5, 5.41) is 12.7. The molecular formula is C56H87FN10O9S3. The van der Waals surface area contributed by atoms with Crippen LogP contribution in [-0.2, 0) is 51.3 Å². The molecule has 0 bridgehead atoms. The topological polar surface area (TPSA) is 272 Å². The number of carbonyl (C=O) groups is 2. The molecule has 0 saturated carbocycles. The molecule has 0 spiro atoms. The highest BCUT2D eigenvalue weighted by atomic mass is 32.2. The van der Waals surface area contributed by atoms with Crippen molar-refractivity contribution in [1.82, 2.24) is 34.5 Å². The number of rotatable bonds is 14. The van der Waals surface area contributed by atoms with E-state index < -0.39 is 53.2 Å². The van der Waals surface area contributed by atoms with Gasteiger partial charge in [0, 0.05) is 38.6 Å². The summed E-state index contributed by atoms with van der Waals surface area (Å²) in [6.45, 7) is 33.0. The number of carbonyl (C=O) groups excluding carboxylic acids is 2. The van der Waals surface area contributed by atoms with Gasteiger partial charge < -0.3 is 24.6 Å². The summed E-state index contributed by atoms with van der Waals surface area (Å²) in [6, 6.07) is 16.1. The number of hydrogen-bond donors (Lipinski definition) is 4. The maximum atomic E-state index is 12.9. The number of aromatic nitrogens is 4. The average Bonchev–Trinajstić information content (AvgIpc) is 4.02. The minimum atomic E-state index is -3.92. The molecule has 2 amide bonds. The summed E-state index contributed by atoms with van der Waals surface area (Å²) in [7, 11) is -9.00. The molecule has 6 heterocycles. The molecule has 19 nitrogen and oxygen atoms in total. The van der Waals surface area contributed by atoms with Gasteiger partial charge in [-0.25, -0.2) is 55.6 Å². The number of halogens is 1. The van der Waals surface area contributed by atoms with Crippen molar-refractivity contribution in [3.05, 3.63) is 102 Å². The Hall–Kier alpha value is -5.20. The minimum absolute atomic E-state index is 0.0186. The number of hydrogen-bond acceptors (Lipinski definition) is 14. The number of anilines is 1. The molecule has 2 saturated heterocycles. The van der Waals surface area contributed by atoms with Crippen LogP contribution in [0.25, 0.3) is 0 Å². The molecule has 4 aromatic rings. The van der Waals surface area contributed by atoms with Gasteiger partial charge in [-0.2, -0.15) is 4.39 Å². The lowest BCUT2D eigenvalue weighted by Gasteiger charge is -2.27. The zero-order valence-corrected chi connectivity index (χ0v) is 51.4. The van der Waals surface area contributed by atoms with Crippen LogP contribution in [0.4, 0.5) is 19.8 Å². The number of ether oxygens (including phenoxy) is 2. The monoisotopic (exact) mass is 1160 g/mol. The fraction of sp³-hybridized carbons (Fsp3) is 0.607. The number of pyridine rings is 4. The lowest BCUT2D eigenvalue weighted by molar-refractivity contribution is 0.0277. The number of sulfonamides is 2. The zero-order chi connectivity index (χ0) is 59.5. The molecule has 0 radical (unpaired) electrons. The number of likely N-dealkylation sites (tertiary alicyclic amines) is 2. The largest absolute Gasteiger partial charge is 0.444 e. The summed E-state index contributed by atoms with van der Waals surface area (Å²) in [5.41, 5.74) is 3.12. The summed E-state index contributed by atoms with van der Waals surface area (Å²) in [4.78, 5) is 45.0. The van der Waals surface area contributed by atoms with E-state index in [-0.39, 0.29) is 44.9 Å². The third-order valence-electron chi connectivity index (χ3n) is 12.7. The quantitative estimate of drug-likeness (QED) is 0.0856. The first-order chi connectivity index (χ1) is 36.2. The van der Waals surface area contributed by atoms with Gasteiger partial charge in [-0.15, -0.1) is 0 Å². The van der Waals surface area contributed by atoms with Crippen LogP contribution in [0.15, 0.2) is 83.1 Å². The van der Waals surface area contributed by atoms with Gasteiger partial charge in [0.25, 0.3) is 20.0 Å².